The van der Waals surface area contributed by atoms with Crippen LogP contribution in [0.25, 0.3) is 10.4 Å². The topological polar surface area (TPSA) is 67.2 Å². The van der Waals surface area contributed by atoms with Gasteiger partial charge in [0.05, 0.1) is 19.3 Å². The van der Waals surface area contributed by atoms with Gasteiger partial charge in [-0.2, -0.15) is 0 Å². The van der Waals surface area contributed by atoms with Crippen LogP contribution in [0.4, 0.5) is 0 Å². The SMILES string of the molecule is [N-]=[N+]=NCC1COC(c2cccc(Cl)c2)O1. The summed E-state index contributed by atoms with van der Waals surface area (Å²) in [7, 11) is 0. The maximum atomic E-state index is 8.19. The van der Waals surface area contributed by atoms with E-state index < -0.39 is 6.29 Å². The van der Waals surface area contributed by atoms with Gasteiger partial charge in [-0.1, -0.05) is 28.8 Å². The Morgan fingerprint density at radius 3 is 3.19 bits per heavy atom. The fraction of sp³-hybridized carbons (Fsp3) is 0.400. The maximum absolute atomic E-state index is 8.19. The van der Waals surface area contributed by atoms with Crippen molar-refractivity contribution in [3.8, 4) is 0 Å². The summed E-state index contributed by atoms with van der Waals surface area (Å²) in [5.41, 5.74) is 9.06. The lowest BCUT2D eigenvalue weighted by Crippen LogP contribution is -2.13. The summed E-state index contributed by atoms with van der Waals surface area (Å²) in [6.45, 7) is 0.712. The molecule has 2 unspecified atom stereocenters. The fourth-order valence-electron chi connectivity index (χ4n) is 1.50. The van der Waals surface area contributed by atoms with E-state index in [-0.39, 0.29) is 12.6 Å². The van der Waals surface area contributed by atoms with Gasteiger partial charge < -0.3 is 9.47 Å². The predicted molar refractivity (Wildman–Crippen MR) is 59.0 cm³/mol. The Labute approximate surface area is 97.5 Å². The molecule has 1 heterocycles. The number of benzene rings is 1. The maximum Gasteiger partial charge on any atom is 0.184 e. The summed E-state index contributed by atoms with van der Waals surface area (Å²) in [5.74, 6) is 0. The van der Waals surface area contributed by atoms with E-state index in [1.54, 1.807) is 12.1 Å². The van der Waals surface area contributed by atoms with Gasteiger partial charge in [0.15, 0.2) is 6.29 Å². The van der Waals surface area contributed by atoms with Crippen LogP contribution in [0, 0.1) is 0 Å². The largest absolute Gasteiger partial charge is 0.346 e. The average molecular weight is 240 g/mol. The van der Waals surface area contributed by atoms with E-state index in [4.69, 9.17) is 26.6 Å². The van der Waals surface area contributed by atoms with Crippen LogP contribution in [0.5, 0.6) is 0 Å². The van der Waals surface area contributed by atoms with Crippen molar-refractivity contribution in [1.29, 1.82) is 0 Å². The summed E-state index contributed by atoms with van der Waals surface area (Å²) in [6.07, 6.45) is -0.600. The van der Waals surface area contributed by atoms with Crippen LogP contribution in [-0.2, 0) is 9.47 Å². The van der Waals surface area contributed by atoms with Crippen molar-refractivity contribution in [1.82, 2.24) is 0 Å². The van der Waals surface area contributed by atoms with Crippen molar-refractivity contribution in [2.24, 2.45) is 5.11 Å². The molecule has 1 saturated heterocycles. The quantitative estimate of drug-likeness (QED) is 0.462. The zero-order valence-electron chi connectivity index (χ0n) is 8.41. The Kier molecular flexibility index (Phi) is 3.64. The standard InChI is InChI=1S/C10H10ClN3O2/c11-8-3-1-2-7(4-8)10-15-6-9(16-10)5-13-14-12/h1-4,9-10H,5-6H2. The zero-order valence-corrected chi connectivity index (χ0v) is 9.17. The molecule has 2 atom stereocenters. The molecule has 1 aromatic rings. The van der Waals surface area contributed by atoms with Crippen LogP contribution in [0.2, 0.25) is 5.02 Å². The van der Waals surface area contributed by atoms with E-state index in [0.717, 1.165) is 5.56 Å². The fourth-order valence-corrected chi connectivity index (χ4v) is 1.70. The lowest BCUT2D eigenvalue weighted by molar-refractivity contribution is -0.0585. The van der Waals surface area contributed by atoms with Crippen molar-refractivity contribution in [2.75, 3.05) is 13.2 Å². The Morgan fingerprint density at radius 1 is 1.56 bits per heavy atom. The smallest absolute Gasteiger partial charge is 0.184 e. The number of ether oxygens (including phenoxy) is 2. The van der Waals surface area contributed by atoms with Crippen molar-refractivity contribution in [3.63, 3.8) is 0 Å². The Hall–Kier alpha value is -1.26. The molecule has 5 nitrogen and oxygen atoms in total. The second-order valence-electron chi connectivity index (χ2n) is 3.39. The first-order valence-corrected chi connectivity index (χ1v) is 5.21. The van der Waals surface area contributed by atoms with Gasteiger partial charge in [0.2, 0.25) is 0 Å². The van der Waals surface area contributed by atoms with Crippen LogP contribution in [-0.4, -0.2) is 19.3 Å². The molecule has 0 bridgehead atoms. The highest BCUT2D eigenvalue weighted by atomic mass is 35.5. The third-order valence-electron chi connectivity index (χ3n) is 2.22. The van der Waals surface area contributed by atoms with Crippen molar-refractivity contribution in [3.05, 3.63) is 45.3 Å². The Balaban J connectivity index is 2.00. The van der Waals surface area contributed by atoms with E-state index in [9.17, 15) is 0 Å². The van der Waals surface area contributed by atoms with E-state index in [1.807, 2.05) is 12.1 Å². The molecule has 0 radical (unpaired) electrons. The first-order chi connectivity index (χ1) is 7.79. The highest BCUT2D eigenvalue weighted by molar-refractivity contribution is 6.30. The van der Waals surface area contributed by atoms with Crippen molar-refractivity contribution >= 4 is 11.6 Å². The second kappa shape index (κ2) is 5.18. The molecule has 0 spiro atoms. The molecule has 0 saturated carbocycles. The number of nitrogens with zero attached hydrogens (tertiary/aromatic N) is 3. The van der Waals surface area contributed by atoms with E-state index in [1.165, 1.54) is 0 Å². The van der Waals surface area contributed by atoms with Crippen LogP contribution in [0.3, 0.4) is 0 Å². The van der Waals surface area contributed by atoms with Crippen molar-refractivity contribution in [2.45, 2.75) is 12.4 Å². The molecule has 1 aliphatic rings. The summed E-state index contributed by atoms with van der Waals surface area (Å²) in [6, 6.07) is 7.30. The number of hydrogen-bond donors (Lipinski definition) is 0. The van der Waals surface area contributed by atoms with Gasteiger partial charge in [-0.3, -0.25) is 0 Å². The van der Waals surface area contributed by atoms with Crippen molar-refractivity contribution < 1.29 is 9.47 Å². The zero-order chi connectivity index (χ0) is 11.4. The van der Waals surface area contributed by atoms with E-state index >= 15 is 0 Å². The summed E-state index contributed by atoms with van der Waals surface area (Å²) >= 11 is 5.87. The van der Waals surface area contributed by atoms with E-state index in [2.05, 4.69) is 10.0 Å². The molecule has 2 rings (SSSR count). The minimum absolute atomic E-state index is 0.181. The number of hydrogen-bond acceptors (Lipinski definition) is 3. The summed E-state index contributed by atoms with van der Waals surface area (Å²) in [5, 5.41) is 4.09. The molecule has 0 N–H and O–H groups in total. The number of azide groups is 1. The van der Waals surface area contributed by atoms with Gasteiger partial charge in [-0.25, -0.2) is 0 Å². The van der Waals surface area contributed by atoms with Gasteiger partial charge in [-0.05, 0) is 17.7 Å². The Morgan fingerprint density at radius 2 is 2.44 bits per heavy atom. The molecule has 0 amide bonds. The first-order valence-electron chi connectivity index (χ1n) is 4.83. The van der Waals surface area contributed by atoms with Crippen LogP contribution < -0.4 is 0 Å². The minimum Gasteiger partial charge on any atom is -0.346 e. The normalized spacial score (nSPS) is 24.1. The van der Waals surface area contributed by atoms with Crippen LogP contribution in [0.1, 0.15) is 11.9 Å². The molecule has 1 aromatic carbocycles. The van der Waals surface area contributed by atoms with Gasteiger partial charge in [0.1, 0.15) is 0 Å². The summed E-state index contributed by atoms with van der Waals surface area (Å²) < 4.78 is 11.0. The third kappa shape index (κ3) is 2.65. The molecule has 0 aliphatic carbocycles. The molecule has 1 fully saturated rings. The second-order valence-corrected chi connectivity index (χ2v) is 3.83. The van der Waals surface area contributed by atoms with Crippen LogP contribution >= 0.6 is 11.6 Å². The van der Waals surface area contributed by atoms with E-state index in [0.29, 0.717) is 11.6 Å². The molecule has 84 valence electrons. The highest BCUT2D eigenvalue weighted by Gasteiger charge is 2.26. The number of rotatable bonds is 3. The average Bonchev–Trinajstić information content (AvgIpc) is 2.75. The third-order valence-corrected chi connectivity index (χ3v) is 2.45. The molecule has 16 heavy (non-hydrogen) atoms. The molecular weight excluding hydrogens is 230 g/mol. The van der Waals surface area contributed by atoms with Crippen LogP contribution in [0.15, 0.2) is 29.4 Å². The van der Waals surface area contributed by atoms with Gasteiger partial charge >= 0.3 is 0 Å². The Bertz CT molecular complexity index is 420. The molecule has 0 aromatic heterocycles. The predicted octanol–water partition coefficient (Wildman–Crippen LogP) is 3.06. The number of halogens is 1. The first kappa shape index (κ1) is 11.2. The highest BCUT2D eigenvalue weighted by Crippen LogP contribution is 2.28. The molecular formula is C10H10ClN3O2. The molecule has 1 aliphatic heterocycles. The van der Waals surface area contributed by atoms with Gasteiger partial charge in [-0.15, -0.1) is 0 Å². The monoisotopic (exact) mass is 239 g/mol. The van der Waals surface area contributed by atoms with Gasteiger partial charge in [0.25, 0.3) is 0 Å². The lowest BCUT2D eigenvalue weighted by Gasteiger charge is -2.10. The lowest BCUT2D eigenvalue weighted by atomic mass is 10.2. The minimum atomic E-state index is -0.419. The van der Waals surface area contributed by atoms with Gasteiger partial charge in [0, 0.05) is 15.5 Å². The summed E-state index contributed by atoms with van der Waals surface area (Å²) in [4.78, 5) is 2.68. The molecule has 6 heteroatoms.